The van der Waals surface area contributed by atoms with E-state index in [1.165, 1.54) is 34.8 Å². The summed E-state index contributed by atoms with van der Waals surface area (Å²) in [4.78, 5) is 4.31. The van der Waals surface area contributed by atoms with E-state index >= 15 is 0 Å². The molecule has 1 aromatic rings. The van der Waals surface area contributed by atoms with Crippen LogP contribution in [0.4, 0.5) is 0 Å². The van der Waals surface area contributed by atoms with E-state index in [1.54, 1.807) is 0 Å². The molecule has 0 saturated carbocycles. The fourth-order valence-electron chi connectivity index (χ4n) is 2.24. The third-order valence-electron chi connectivity index (χ3n) is 3.24. The molecular weight excluding hydrogens is 260 g/mol. The quantitative estimate of drug-likeness (QED) is 0.896. The Labute approximate surface area is 119 Å². The molecule has 100 valence electrons. The molecule has 0 spiro atoms. The lowest BCUT2D eigenvalue weighted by atomic mass is 10.0. The summed E-state index contributed by atoms with van der Waals surface area (Å²) < 4.78 is 0. The van der Waals surface area contributed by atoms with Gasteiger partial charge in [0.2, 0.25) is 0 Å². The van der Waals surface area contributed by atoms with Crippen LogP contribution in [-0.4, -0.2) is 34.0 Å². The molecule has 0 aromatic carbocycles. The zero-order chi connectivity index (χ0) is 12.8. The molecule has 0 radical (unpaired) electrons. The number of rotatable bonds is 5. The van der Waals surface area contributed by atoms with Gasteiger partial charge in [0.1, 0.15) is 0 Å². The zero-order valence-electron chi connectivity index (χ0n) is 11.2. The highest BCUT2D eigenvalue weighted by Gasteiger charge is 2.26. The molecule has 1 aliphatic heterocycles. The Balaban J connectivity index is 2.15. The van der Waals surface area contributed by atoms with Crippen LogP contribution in [-0.2, 0) is 0 Å². The van der Waals surface area contributed by atoms with E-state index < -0.39 is 0 Å². The maximum atomic E-state index is 4.31. The summed E-state index contributed by atoms with van der Waals surface area (Å²) in [5, 5.41) is 4.40. The number of hydrogen-bond donors (Lipinski definition) is 1. The summed E-state index contributed by atoms with van der Waals surface area (Å²) in [6, 6.07) is 2.58. The van der Waals surface area contributed by atoms with Crippen molar-refractivity contribution in [3.63, 3.8) is 0 Å². The van der Waals surface area contributed by atoms with Gasteiger partial charge in [-0.25, -0.2) is 0 Å². The van der Waals surface area contributed by atoms with Crippen LogP contribution in [0.5, 0.6) is 0 Å². The van der Waals surface area contributed by atoms with Crippen molar-refractivity contribution in [2.75, 3.05) is 23.8 Å². The van der Waals surface area contributed by atoms with E-state index in [-0.39, 0.29) is 0 Å². The summed E-state index contributed by atoms with van der Waals surface area (Å²) in [7, 11) is 0. The minimum atomic E-state index is 0.455. The number of aromatic nitrogens is 1. The average molecular weight is 282 g/mol. The van der Waals surface area contributed by atoms with Crippen LogP contribution >= 0.6 is 23.5 Å². The second-order valence-corrected chi connectivity index (χ2v) is 7.15. The van der Waals surface area contributed by atoms with Crippen LogP contribution in [0.15, 0.2) is 18.5 Å². The lowest BCUT2D eigenvalue weighted by Crippen LogP contribution is -2.34. The van der Waals surface area contributed by atoms with Crippen LogP contribution < -0.4 is 5.32 Å². The Morgan fingerprint density at radius 1 is 1.50 bits per heavy atom. The number of nitrogens with one attached hydrogen (secondary N) is 1. The highest BCUT2D eigenvalue weighted by Crippen LogP contribution is 2.34. The first-order valence-electron chi connectivity index (χ1n) is 6.66. The molecule has 1 aromatic heterocycles. The van der Waals surface area contributed by atoms with Gasteiger partial charge in [-0.15, -0.1) is 0 Å². The predicted molar refractivity (Wildman–Crippen MR) is 83.6 cm³/mol. The summed E-state index contributed by atoms with van der Waals surface area (Å²) in [5.74, 6) is 3.83. The molecule has 0 bridgehead atoms. The van der Waals surface area contributed by atoms with E-state index in [2.05, 4.69) is 53.7 Å². The van der Waals surface area contributed by atoms with E-state index in [9.17, 15) is 0 Å². The summed E-state index contributed by atoms with van der Waals surface area (Å²) in [6.07, 6.45) is 5.11. The van der Waals surface area contributed by atoms with E-state index in [4.69, 9.17) is 0 Å². The Morgan fingerprint density at radius 3 is 3.06 bits per heavy atom. The molecule has 1 aliphatic rings. The van der Waals surface area contributed by atoms with Crippen molar-refractivity contribution in [2.24, 2.45) is 0 Å². The molecule has 0 aliphatic carbocycles. The molecule has 1 fully saturated rings. The van der Waals surface area contributed by atoms with Gasteiger partial charge in [0.15, 0.2) is 0 Å². The SMILES string of the molecule is CCCNC(c1cnccc1C)C1CSCCS1. The third-order valence-corrected chi connectivity index (χ3v) is 6.11. The van der Waals surface area contributed by atoms with Crippen LogP contribution in [0.2, 0.25) is 0 Å². The minimum absolute atomic E-state index is 0.455. The highest BCUT2D eigenvalue weighted by atomic mass is 32.2. The topological polar surface area (TPSA) is 24.9 Å². The Kier molecular flexibility index (Phi) is 5.86. The van der Waals surface area contributed by atoms with Gasteiger partial charge in [0.25, 0.3) is 0 Å². The van der Waals surface area contributed by atoms with Crippen molar-refractivity contribution in [3.05, 3.63) is 29.6 Å². The smallest absolute Gasteiger partial charge is 0.0466 e. The first kappa shape index (κ1) is 14.2. The molecule has 0 amide bonds. The summed E-state index contributed by atoms with van der Waals surface area (Å²) in [5.41, 5.74) is 2.74. The Bertz CT molecular complexity index is 365. The van der Waals surface area contributed by atoms with E-state index in [0.717, 1.165) is 6.54 Å². The van der Waals surface area contributed by atoms with Crippen LogP contribution in [0.1, 0.15) is 30.5 Å². The maximum absolute atomic E-state index is 4.31. The van der Waals surface area contributed by atoms with E-state index in [0.29, 0.717) is 11.3 Å². The van der Waals surface area contributed by atoms with Crippen molar-refractivity contribution in [2.45, 2.75) is 31.6 Å². The Hall–Kier alpha value is -0.190. The molecule has 2 nitrogen and oxygen atoms in total. The lowest BCUT2D eigenvalue weighted by molar-refractivity contribution is 0.526. The first-order chi connectivity index (χ1) is 8.83. The molecule has 4 heteroatoms. The first-order valence-corrected chi connectivity index (χ1v) is 8.86. The average Bonchev–Trinajstić information content (AvgIpc) is 2.42. The second kappa shape index (κ2) is 7.41. The third kappa shape index (κ3) is 3.65. The van der Waals surface area contributed by atoms with Gasteiger partial charge in [0, 0.05) is 40.9 Å². The number of aryl methyl sites for hydroxylation is 1. The second-order valence-electron chi connectivity index (χ2n) is 4.65. The molecular formula is C14H22N2S2. The summed E-state index contributed by atoms with van der Waals surface area (Å²) >= 11 is 4.20. The van der Waals surface area contributed by atoms with Crippen molar-refractivity contribution in [1.82, 2.24) is 10.3 Å². The number of hydrogen-bond acceptors (Lipinski definition) is 4. The maximum Gasteiger partial charge on any atom is 0.0466 e. The zero-order valence-corrected chi connectivity index (χ0v) is 12.8. The fraction of sp³-hybridized carbons (Fsp3) is 0.643. The molecule has 1 N–H and O–H groups in total. The molecule has 2 heterocycles. The van der Waals surface area contributed by atoms with Gasteiger partial charge in [-0.2, -0.15) is 23.5 Å². The van der Waals surface area contributed by atoms with Crippen molar-refractivity contribution in [3.8, 4) is 0 Å². The fourth-order valence-corrected chi connectivity index (χ4v) is 5.10. The number of thioether (sulfide) groups is 2. The van der Waals surface area contributed by atoms with Gasteiger partial charge in [0.05, 0.1) is 0 Å². The molecule has 2 unspecified atom stereocenters. The number of nitrogens with zero attached hydrogens (tertiary/aromatic N) is 1. The Morgan fingerprint density at radius 2 is 2.39 bits per heavy atom. The van der Waals surface area contributed by atoms with Crippen LogP contribution in [0.3, 0.4) is 0 Å². The van der Waals surface area contributed by atoms with Gasteiger partial charge in [-0.05, 0) is 37.1 Å². The monoisotopic (exact) mass is 282 g/mol. The molecule has 18 heavy (non-hydrogen) atoms. The van der Waals surface area contributed by atoms with Gasteiger partial charge < -0.3 is 5.32 Å². The van der Waals surface area contributed by atoms with E-state index in [1.807, 2.05) is 12.4 Å². The molecule has 1 saturated heterocycles. The predicted octanol–water partition coefficient (Wildman–Crippen LogP) is 3.28. The van der Waals surface area contributed by atoms with Crippen LogP contribution in [0.25, 0.3) is 0 Å². The lowest BCUT2D eigenvalue weighted by Gasteiger charge is -2.31. The summed E-state index contributed by atoms with van der Waals surface area (Å²) in [6.45, 7) is 5.50. The van der Waals surface area contributed by atoms with Crippen molar-refractivity contribution in [1.29, 1.82) is 0 Å². The van der Waals surface area contributed by atoms with Gasteiger partial charge in [-0.1, -0.05) is 6.92 Å². The number of pyridine rings is 1. The van der Waals surface area contributed by atoms with Crippen molar-refractivity contribution < 1.29 is 0 Å². The van der Waals surface area contributed by atoms with Gasteiger partial charge in [-0.3, -0.25) is 4.98 Å². The largest absolute Gasteiger partial charge is 0.309 e. The highest BCUT2D eigenvalue weighted by molar-refractivity contribution is 8.06. The van der Waals surface area contributed by atoms with Gasteiger partial charge >= 0.3 is 0 Å². The molecule has 2 atom stereocenters. The minimum Gasteiger partial charge on any atom is -0.309 e. The normalized spacial score (nSPS) is 21.8. The van der Waals surface area contributed by atoms with Crippen LogP contribution in [0, 0.1) is 6.92 Å². The van der Waals surface area contributed by atoms with Crippen molar-refractivity contribution >= 4 is 23.5 Å². The standard InChI is InChI=1S/C14H22N2S2/c1-3-5-16-14(13-10-17-7-8-18-13)12-9-15-6-4-11(12)2/h4,6,9,13-14,16H,3,5,7-8,10H2,1-2H3. The molecule has 2 rings (SSSR count).